The van der Waals surface area contributed by atoms with Crippen LogP contribution < -0.4 is 4.90 Å². The molecule has 0 radical (unpaired) electrons. The molecule has 0 unspecified atom stereocenters. The molecular weight excluding hydrogens is 364 g/mol. The van der Waals surface area contributed by atoms with Gasteiger partial charge in [0.25, 0.3) is 0 Å². The fourth-order valence-electron chi connectivity index (χ4n) is 6.04. The van der Waals surface area contributed by atoms with Crippen LogP contribution in [0.3, 0.4) is 0 Å². The molecule has 0 aromatic carbocycles. The van der Waals surface area contributed by atoms with Gasteiger partial charge in [0, 0.05) is 45.0 Å². The minimum Gasteiger partial charge on any atom is -0.453 e. The Hall–Kier alpha value is -2.08. The quantitative estimate of drug-likeness (QED) is 0.734. The molecule has 6 heteroatoms. The summed E-state index contributed by atoms with van der Waals surface area (Å²) < 4.78 is 4.90. The lowest BCUT2D eigenvalue weighted by atomic mass is 9.64. The molecule has 1 aliphatic carbocycles. The lowest BCUT2D eigenvalue weighted by Crippen LogP contribution is -2.53. The van der Waals surface area contributed by atoms with Crippen molar-refractivity contribution in [2.24, 2.45) is 5.41 Å². The Labute approximate surface area is 173 Å². The van der Waals surface area contributed by atoms with Gasteiger partial charge in [-0.15, -0.1) is 0 Å². The van der Waals surface area contributed by atoms with E-state index in [1.165, 1.54) is 45.8 Å². The number of carbonyl (C=O) groups excluding carboxylic acids is 1. The maximum atomic E-state index is 11.8. The first-order chi connectivity index (χ1) is 14.2. The standard InChI is InChI=1S/C23H32N4O2/c1-29-22(28)26-14-9-23(17-26)15-19(16-23)25-12-7-18(8-13-25)20-5-4-11-27(20)21-6-2-3-10-24-21/h2-3,6-7,10,19-20H,4-5,8-9,11-17H2,1H3/t19?,20-,23?/m0/s1. The number of rotatable bonds is 3. The molecule has 1 saturated carbocycles. The third-order valence-electron chi connectivity index (χ3n) is 7.62. The Balaban J connectivity index is 1.17. The minimum absolute atomic E-state index is 0.162. The minimum atomic E-state index is -0.162. The lowest BCUT2D eigenvalue weighted by molar-refractivity contribution is 0.0107. The Morgan fingerprint density at radius 3 is 2.86 bits per heavy atom. The predicted octanol–water partition coefficient (Wildman–Crippen LogP) is 3.30. The highest BCUT2D eigenvalue weighted by atomic mass is 16.5. The van der Waals surface area contributed by atoms with Crippen LogP contribution in [0.15, 0.2) is 36.0 Å². The van der Waals surface area contributed by atoms with Crippen molar-refractivity contribution in [3.8, 4) is 0 Å². The molecular formula is C23H32N4O2. The highest BCUT2D eigenvalue weighted by Crippen LogP contribution is 2.50. The van der Waals surface area contributed by atoms with Crippen molar-refractivity contribution in [3.05, 3.63) is 36.0 Å². The Bertz CT molecular complexity index is 774. The van der Waals surface area contributed by atoms with E-state index in [0.29, 0.717) is 17.5 Å². The van der Waals surface area contributed by atoms with E-state index in [1.54, 1.807) is 5.57 Å². The van der Waals surface area contributed by atoms with E-state index in [0.717, 1.165) is 38.4 Å². The smallest absolute Gasteiger partial charge is 0.409 e. The van der Waals surface area contributed by atoms with Crippen LogP contribution in [0.2, 0.25) is 0 Å². The molecule has 0 N–H and O–H groups in total. The van der Waals surface area contributed by atoms with E-state index in [9.17, 15) is 4.79 Å². The number of hydrogen-bond donors (Lipinski definition) is 0. The number of ether oxygens (including phenoxy) is 1. The monoisotopic (exact) mass is 396 g/mol. The van der Waals surface area contributed by atoms with Crippen LogP contribution in [0, 0.1) is 5.41 Å². The van der Waals surface area contributed by atoms with E-state index in [2.05, 4.69) is 33.0 Å². The zero-order chi connectivity index (χ0) is 19.8. The molecule has 0 bridgehead atoms. The highest BCUT2D eigenvalue weighted by molar-refractivity contribution is 5.68. The third kappa shape index (κ3) is 3.52. The van der Waals surface area contributed by atoms with Crippen LogP contribution in [-0.4, -0.2) is 72.8 Å². The van der Waals surface area contributed by atoms with Crippen molar-refractivity contribution in [2.75, 3.05) is 44.7 Å². The van der Waals surface area contributed by atoms with E-state index >= 15 is 0 Å². The first kappa shape index (κ1) is 18.9. The van der Waals surface area contributed by atoms with Crippen LogP contribution in [0.25, 0.3) is 0 Å². The van der Waals surface area contributed by atoms with Crippen LogP contribution in [0.1, 0.15) is 38.5 Å². The van der Waals surface area contributed by atoms with Crippen molar-refractivity contribution >= 4 is 11.9 Å². The number of nitrogens with zero attached hydrogens (tertiary/aromatic N) is 4. The predicted molar refractivity (Wildman–Crippen MR) is 113 cm³/mol. The summed E-state index contributed by atoms with van der Waals surface area (Å²) in [5.41, 5.74) is 1.96. The summed E-state index contributed by atoms with van der Waals surface area (Å²) in [5.74, 6) is 1.12. The van der Waals surface area contributed by atoms with Crippen molar-refractivity contribution < 1.29 is 9.53 Å². The average Bonchev–Trinajstić information content (AvgIpc) is 3.41. The third-order valence-corrected chi connectivity index (χ3v) is 7.62. The molecule has 2 saturated heterocycles. The van der Waals surface area contributed by atoms with Gasteiger partial charge in [0.05, 0.1) is 13.2 Å². The molecule has 5 rings (SSSR count). The van der Waals surface area contributed by atoms with Gasteiger partial charge in [-0.3, -0.25) is 4.90 Å². The number of pyridine rings is 1. The second-order valence-corrected chi connectivity index (χ2v) is 9.27. The lowest BCUT2D eigenvalue weighted by Gasteiger charge is -2.51. The number of aromatic nitrogens is 1. The second-order valence-electron chi connectivity index (χ2n) is 9.27. The van der Waals surface area contributed by atoms with Gasteiger partial charge < -0.3 is 14.5 Å². The van der Waals surface area contributed by atoms with Crippen LogP contribution in [-0.2, 0) is 4.74 Å². The zero-order valence-electron chi connectivity index (χ0n) is 17.4. The Morgan fingerprint density at radius 2 is 2.14 bits per heavy atom. The van der Waals surface area contributed by atoms with Gasteiger partial charge in [-0.25, -0.2) is 9.78 Å². The number of carbonyl (C=O) groups is 1. The highest BCUT2D eigenvalue weighted by Gasteiger charge is 2.51. The Kier molecular flexibility index (Phi) is 4.98. The SMILES string of the molecule is COC(=O)N1CCC2(CC(N3CC=C([C@@H]4CCCN4c4ccccn4)CC3)C2)C1. The van der Waals surface area contributed by atoms with Gasteiger partial charge in [0.1, 0.15) is 5.82 Å². The first-order valence-corrected chi connectivity index (χ1v) is 11.1. The zero-order valence-corrected chi connectivity index (χ0v) is 17.4. The number of anilines is 1. The Morgan fingerprint density at radius 1 is 1.24 bits per heavy atom. The molecule has 1 atom stereocenters. The average molecular weight is 397 g/mol. The molecule has 6 nitrogen and oxygen atoms in total. The van der Waals surface area contributed by atoms with Gasteiger partial charge in [-0.1, -0.05) is 12.1 Å². The fraction of sp³-hybridized carbons (Fsp3) is 0.652. The van der Waals surface area contributed by atoms with E-state index in [1.807, 2.05) is 17.2 Å². The van der Waals surface area contributed by atoms with E-state index < -0.39 is 0 Å². The summed E-state index contributed by atoms with van der Waals surface area (Å²) >= 11 is 0. The molecule has 4 aliphatic rings. The fourth-order valence-corrected chi connectivity index (χ4v) is 6.04. The van der Waals surface area contributed by atoms with Gasteiger partial charge in [0.15, 0.2) is 0 Å². The van der Waals surface area contributed by atoms with Crippen molar-refractivity contribution in [2.45, 2.75) is 50.6 Å². The number of likely N-dealkylation sites (tertiary alicyclic amines) is 1. The number of hydrogen-bond acceptors (Lipinski definition) is 5. The van der Waals surface area contributed by atoms with Gasteiger partial charge in [0.2, 0.25) is 0 Å². The maximum Gasteiger partial charge on any atom is 0.409 e. The summed E-state index contributed by atoms with van der Waals surface area (Å²) in [6.45, 7) is 5.09. The summed E-state index contributed by atoms with van der Waals surface area (Å²) in [5, 5.41) is 0. The summed E-state index contributed by atoms with van der Waals surface area (Å²) in [6.07, 6.45) is 11.5. The van der Waals surface area contributed by atoms with Gasteiger partial charge >= 0.3 is 6.09 Å². The molecule has 29 heavy (non-hydrogen) atoms. The molecule has 1 aromatic rings. The summed E-state index contributed by atoms with van der Waals surface area (Å²) in [4.78, 5) is 23.4. The second kappa shape index (κ2) is 7.63. The molecule has 3 aliphatic heterocycles. The first-order valence-electron chi connectivity index (χ1n) is 11.1. The van der Waals surface area contributed by atoms with Crippen molar-refractivity contribution in [1.29, 1.82) is 0 Å². The summed E-state index contributed by atoms with van der Waals surface area (Å²) in [7, 11) is 1.48. The van der Waals surface area contributed by atoms with Gasteiger partial charge in [-0.2, -0.15) is 0 Å². The normalized spacial score (nSPS) is 32.4. The number of amides is 1. The molecule has 3 fully saturated rings. The molecule has 156 valence electrons. The van der Waals surface area contributed by atoms with Crippen molar-refractivity contribution in [1.82, 2.24) is 14.8 Å². The van der Waals surface area contributed by atoms with Crippen LogP contribution in [0.5, 0.6) is 0 Å². The molecule has 4 heterocycles. The van der Waals surface area contributed by atoms with E-state index in [-0.39, 0.29) is 6.09 Å². The van der Waals surface area contributed by atoms with Crippen LogP contribution in [0.4, 0.5) is 10.6 Å². The van der Waals surface area contributed by atoms with Gasteiger partial charge in [-0.05, 0) is 61.6 Å². The molecule has 1 spiro atoms. The molecule has 1 amide bonds. The van der Waals surface area contributed by atoms with Crippen molar-refractivity contribution in [3.63, 3.8) is 0 Å². The largest absolute Gasteiger partial charge is 0.453 e. The van der Waals surface area contributed by atoms with Crippen LogP contribution >= 0.6 is 0 Å². The maximum absolute atomic E-state index is 11.8. The topological polar surface area (TPSA) is 48.9 Å². The van der Waals surface area contributed by atoms with E-state index in [4.69, 9.17) is 4.74 Å². The molecule has 1 aromatic heterocycles. The summed E-state index contributed by atoms with van der Waals surface area (Å²) in [6, 6.07) is 7.43. The number of methoxy groups -OCH3 is 1.